The minimum atomic E-state index is -0.178. The van der Waals surface area contributed by atoms with Crippen LogP contribution in [0.25, 0.3) is 11.4 Å². The number of hydrogen-bond donors (Lipinski definition) is 2. The molecule has 2 N–H and O–H groups in total. The number of carbonyl (C=O) groups is 1. The Kier molecular flexibility index (Phi) is 4.18. The number of aryl methyl sites for hydroxylation is 1. The number of H-pyrrole nitrogens is 1. The van der Waals surface area contributed by atoms with Gasteiger partial charge >= 0.3 is 0 Å². The average molecular weight is 310 g/mol. The molecule has 118 valence electrons. The summed E-state index contributed by atoms with van der Waals surface area (Å²) in [5, 5.41) is 7.06. The van der Waals surface area contributed by atoms with Gasteiger partial charge in [0.2, 0.25) is 0 Å². The van der Waals surface area contributed by atoms with E-state index >= 15 is 0 Å². The molecular weight excluding hydrogens is 292 g/mol. The van der Waals surface area contributed by atoms with Gasteiger partial charge in [-0.3, -0.25) is 9.48 Å². The van der Waals surface area contributed by atoms with Gasteiger partial charge < -0.3 is 10.3 Å². The molecule has 1 unspecified atom stereocenters. The molecule has 7 nitrogen and oxygen atoms in total. The van der Waals surface area contributed by atoms with Crippen molar-refractivity contribution in [3.05, 3.63) is 54.4 Å². The topological polar surface area (TPSA) is 88.5 Å². The van der Waals surface area contributed by atoms with Gasteiger partial charge in [-0.2, -0.15) is 5.10 Å². The van der Waals surface area contributed by atoms with E-state index < -0.39 is 0 Å². The van der Waals surface area contributed by atoms with E-state index in [0.29, 0.717) is 5.56 Å². The summed E-state index contributed by atoms with van der Waals surface area (Å²) in [5.41, 5.74) is 1.45. The monoisotopic (exact) mass is 310 g/mol. The largest absolute Gasteiger partial charge is 0.345 e. The molecule has 7 heteroatoms. The molecule has 2 aromatic heterocycles. The number of nitrogens with zero attached hydrogens (tertiary/aromatic N) is 4. The molecule has 0 aliphatic heterocycles. The third kappa shape index (κ3) is 3.13. The van der Waals surface area contributed by atoms with Gasteiger partial charge in [-0.25, -0.2) is 9.97 Å². The Hall–Kier alpha value is -2.96. The fraction of sp³-hybridized carbons (Fsp3) is 0.250. The van der Waals surface area contributed by atoms with E-state index in [-0.39, 0.29) is 11.9 Å². The number of benzene rings is 1. The van der Waals surface area contributed by atoms with Gasteiger partial charge in [-0.05, 0) is 18.6 Å². The molecule has 23 heavy (non-hydrogen) atoms. The quantitative estimate of drug-likeness (QED) is 0.755. The SMILES string of the molecule is CCC(NC(=O)c1cccc(-c2ncc[nH]2)c1)c1ncnn1C. The van der Waals surface area contributed by atoms with E-state index in [1.165, 1.54) is 6.33 Å². The summed E-state index contributed by atoms with van der Waals surface area (Å²) in [6.07, 6.45) is 5.66. The van der Waals surface area contributed by atoms with Crippen molar-refractivity contribution in [1.29, 1.82) is 0 Å². The van der Waals surface area contributed by atoms with Crippen LogP contribution in [0, 0.1) is 0 Å². The molecule has 0 saturated carbocycles. The summed E-state index contributed by atoms with van der Waals surface area (Å²) in [7, 11) is 1.81. The van der Waals surface area contributed by atoms with E-state index in [4.69, 9.17) is 0 Å². The van der Waals surface area contributed by atoms with Crippen molar-refractivity contribution in [2.45, 2.75) is 19.4 Å². The summed E-state index contributed by atoms with van der Waals surface area (Å²) in [6, 6.07) is 7.18. The third-order valence-electron chi connectivity index (χ3n) is 3.67. The van der Waals surface area contributed by atoms with Crippen molar-refractivity contribution >= 4 is 5.91 Å². The number of aromatic nitrogens is 5. The van der Waals surface area contributed by atoms with E-state index in [0.717, 1.165) is 23.6 Å². The van der Waals surface area contributed by atoms with Gasteiger partial charge in [-0.15, -0.1) is 0 Å². The average Bonchev–Trinajstić information content (AvgIpc) is 3.24. The lowest BCUT2D eigenvalue weighted by atomic mass is 10.1. The van der Waals surface area contributed by atoms with Crippen molar-refractivity contribution < 1.29 is 4.79 Å². The maximum atomic E-state index is 12.5. The van der Waals surface area contributed by atoms with E-state index in [2.05, 4.69) is 25.4 Å². The highest BCUT2D eigenvalue weighted by atomic mass is 16.1. The molecular formula is C16H18N6O. The summed E-state index contributed by atoms with van der Waals surface area (Å²) >= 11 is 0. The van der Waals surface area contributed by atoms with Gasteiger partial charge in [0.05, 0.1) is 6.04 Å². The van der Waals surface area contributed by atoms with Crippen LogP contribution in [-0.4, -0.2) is 30.6 Å². The van der Waals surface area contributed by atoms with Crippen molar-refractivity contribution in [1.82, 2.24) is 30.0 Å². The predicted octanol–water partition coefficient (Wildman–Crippen LogP) is 2.09. The molecule has 1 aromatic carbocycles. The van der Waals surface area contributed by atoms with E-state index in [1.807, 2.05) is 32.2 Å². The number of hydrogen-bond acceptors (Lipinski definition) is 4. The predicted molar refractivity (Wildman–Crippen MR) is 85.5 cm³/mol. The maximum Gasteiger partial charge on any atom is 0.251 e. The second-order valence-electron chi connectivity index (χ2n) is 5.19. The van der Waals surface area contributed by atoms with Crippen LogP contribution in [0.1, 0.15) is 35.6 Å². The van der Waals surface area contributed by atoms with E-state index in [9.17, 15) is 4.79 Å². The van der Waals surface area contributed by atoms with Crippen molar-refractivity contribution in [2.75, 3.05) is 0 Å². The van der Waals surface area contributed by atoms with Crippen LogP contribution < -0.4 is 5.32 Å². The van der Waals surface area contributed by atoms with Crippen LogP contribution >= 0.6 is 0 Å². The van der Waals surface area contributed by atoms with Gasteiger partial charge in [0, 0.05) is 30.6 Å². The van der Waals surface area contributed by atoms with Gasteiger partial charge in [-0.1, -0.05) is 19.1 Å². The molecule has 0 spiro atoms. The molecule has 3 aromatic rings. The molecule has 0 bridgehead atoms. The van der Waals surface area contributed by atoms with Crippen molar-refractivity contribution in [2.24, 2.45) is 7.05 Å². The van der Waals surface area contributed by atoms with Crippen LogP contribution in [0.2, 0.25) is 0 Å². The Morgan fingerprint density at radius 1 is 1.39 bits per heavy atom. The smallest absolute Gasteiger partial charge is 0.251 e. The highest BCUT2D eigenvalue weighted by Crippen LogP contribution is 2.18. The normalized spacial score (nSPS) is 12.1. The van der Waals surface area contributed by atoms with E-state index in [1.54, 1.807) is 23.1 Å². The van der Waals surface area contributed by atoms with Gasteiger partial charge in [0.1, 0.15) is 18.0 Å². The summed E-state index contributed by atoms with van der Waals surface area (Å²) < 4.78 is 1.67. The van der Waals surface area contributed by atoms with Gasteiger partial charge in [0.15, 0.2) is 0 Å². The Labute approximate surface area is 133 Å². The molecule has 0 saturated heterocycles. The second-order valence-corrected chi connectivity index (χ2v) is 5.19. The summed E-state index contributed by atoms with van der Waals surface area (Å²) in [5.74, 6) is 1.33. The molecule has 0 fully saturated rings. The number of nitrogens with one attached hydrogen (secondary N) is 2. The highest BCUT2D eigenvalue weighted by molar-refractivity contribution is 5.95. The Morgan fingerprint density at radius 3 is 2.91 bits per heavy atom. The first kappa shape index (κ1) is 15.0. The van der Waals surface area contributed by atoms with Gasteiger partial charge in [0.25, 0.3) is 5.91 Å². The van der Waals surface area contributed by atoms with Crippen molar-refractivity contribution in [3.8, 4) is 11.4 Å². The number of aromatic amines is 1. The van der Waals surface area contributed by atoms with Crippen LogP contribution in [0.4, 0.5) is 0 Å². The molecule has 2 heterocycles. The minimum Gasteiger partial charge on any atom is -0.345 e. The zero-order valence-corrected chi connectivity index (χ0v) is 13.0. The summed E-state index contributed by atoms with van der Waals surface area (Å²) in [4.78, 5) is 24.0. The van der Waals surface area contributed by atoms with Crippen LogP contribution in [0.5, 0.6) is 0 Å². The zero-order chi connectivity index (χ0) is 16.2. The lowest BCUT2D eigenvalue weighted by Gasteiger charge is -2.16. The minimum absolute atomic E-state index is 0.145. The second kappa shape index (κ2) is 6.43. The highest BCUT2D eigenvalue weighted by Gasteiger charge is 2.18. The molecule has 0 aliphatic carbocycles. The lowest BCUT2D eigenvalue weighted by molar-refractivity contribution is 0.0933. The molecule has 0 radical (unpaired) electrons. The zero-order valence-electron chi connectivity index (χ0n) is 13.0. The van der Waals surface area contributed by atoms with Crippen LogP contribution in [0.3, 0.4) is 0 Å². The fourth-order valence-corrected chi connectivity index (χ4v) is 2.44. The molecule has 1 atom stereocenters. The maximum absolute atomic E-state index is 12.5. The number of imidazole rings is 1. The van der Waals surface area contributed by atoms with Crippen molar-refractivity contribution in [3.63, 3.8) is 0 Å². The first-order chi connectivity index (χ1) is 11.2. The van der Waals surface area contributed by atoms with Crippen LogP contribution in [0.15, 0.2) is 43.0 Å². The number of rotatable bonds is 5. The van der Waals surface area contributed by atoms with Crippen LogP contribution in [-0.2, 0) is 7.05 Å². The molecule has 0 aliphatic rings. The Balaban J connectivity index is 1.80. The first-order valence-electron chi connectivity index (χ1n) is 7.43. The first-order valence-corrected chi connectivity index (χ1v) is 7.43. The molecule has 1 amide bonds. The number of carbonyl (C=O) groups excluding carboxylic acids is 1. The Bertz CT molecular complexity index is 793. The standard InChI is InChI=1S/C16H18N6O/c1-3-13(15-19-10-20-22(15)2)21-16(23)12-6-4-5-11(9-12)14-17-7-8-18-14/h4-10,13H,3H2,1-2H3,(H,17,18)(H,21,23). The fourth-order valence-electron chi connectivity index (χ4n) is 2.44. The lowest BCUT2D eigenvalue weighted by Crippen LogP contribution is -2.30. The number of amides is 1. The Morgan fingerprint density at radius 2 is 2.26 bits per heavy atom. The molecule has 3 rings (SSSR count). The third-order valence-corrected chi connectivity index (χ3v) is 3.67. The summed E-state index contributed by atoms with van der Waals surface area (Å²) in [6.45, 7) is 2.00.